The monoisotopic (exact) mass is 507 g/mol. The van der Waals surface area contributed by atoms with Crippen molar-refractivity contribution in [1.82, 2.24) is 9.78 Å². The average molecular weight is 508 g/mol. The summed E-state index contributed by atoms with van der Waals surface area (Å²) in [4.78, 5) is 16.2. The molecule has 1 unspecified atom stereocenters. The van der Waals surface area contributed by atoms with E-state index in [1.54, 1.807) is 6.07 Å². The maximum Gasteiger partial charge on any atom is 0.282 e. The van der Waals surface area contributed by atoms with Gasteiger partial charge in [-0.15, -0.1) is 0 Å². The van der Waals surface area contributed by atoms with Crippen molar-refractivity contribution in [2.24, 2.45) is 0 Å². The molecule has 2 heterocycles. The van der Waals surface area contributed by atoms with Crippen LogP contribution in [0.25, 0.3) is 0 Å². The van der Waals surface area contributed by atoms with Gasteiger partial charge in [0.05, 0.1) is 11.6 Å². The lowest BCUT2D eigenvalue weighted by Gasteiger charge is -2.24. The molecular formula is C27H26ClN3O3S. The number of aromatic hydroxyl groups is 1. The third kappa shape index (κ3) is 5.12. The molecule has 1 atom stereocenters. The minimum atomic E-state index is -0.411. The Morgan fingerprint density at radius 1 is 0.914 bits per heavy atom. The molecule has 2 N–H and O–H groups in total. The van der Waals surface area contributed by atoms with E-state index in [0.29, 0.717) is 9.92 Å². The van der Waals surface area contributed by atoms with E-state index in [1.807, 2.05) is 48.5 Å². The number of rotatable bonds is 6. The van der Waals surface area contributed by atoms with Crippen molar-refractivity contribution in [3.8, 4) is 5.88 Å². The van der Waals surface area contributed by atoms with Crippen molar-refractivity contribution in [2.75, 3.05) is 31.2 Å². The molecule has 0 bridgehead atoms. The minimum Gasteiger partial charge on any atom is -0.493 e. The first-order valence-corrected chi connectivity index (χ1v) is 12.7. The lowest BCUT2D eigenvalue weighted by atomic mass is 9.98. The van der Waals surface area contributed by atoms with Gasteiger partial charge in [-0.1, -0.05) is 78.0 Å². The number of hydrogen-bond donors (Lipinski definition) is 2. The molecule has 5 rings (SSSR count). The van der Waals surface area contributed by atoms with Gasteiger partial charge in [-0.3, -0.25) is 9.89 Å². The number of benzene rings is 3. The number of halogens is 1. The highest BCUT2D eigenvalue weighted by molar-refractivity contribution is 7.99. The summed E-state index contributed by atoms with van der Waals surface area (Å²) >= 11 is 7.45. The Kier molecular flexibility index (Phi) is 7.18. The van der Waals surface area contributed by atoms with Crippen LogP contribution in [0.1, 0.15) is 23.6 Å². The van der Waals surface area contributed by atoms with Gasteiger partial charge in [-0.05, 0) is 41.8 Å². The molecule has 1 aliphatic rings. The van der Waals surface area contributed by atoms with Crippen molar-refractivity contribution in [3.05, 3.63) is 105 Å². The van der Waals surface area contributed by atoms with Crippen LogP contribution in [0.2, 0.25) is 5.02 Å². The Hall–Kier alpha value is -3.13. The van der Waals surface area contributed by atoms with E-state index in [-0.39, 0.29) is 16.3 Å². The van der Waals surface area contributed by atoms with E-state index in [0.717, 1.165) is 61.3 Å². The van der Waals surface area contributed by atoms with Crippen LogP contribution in [0.3, 0.4) is 0 Å². The Morgan fingerprint density at radius 3 is 2.40 bits per heavy atom. The number of H-pyrrole nitrogens is 1. The van der Waals surface area contributed by atoms with E-state index in [1.165, 1.54) is 4.68 Å². The predicted molar refractivity (Wildman–Crippen MR) is 140 cm³/mol. The summed E-state index contributed by atoms with van der Waals surface area (Å²) < 4.78 is 7.12. The van der Waals surface area contributed by atoms with Gasteiger partial charge in [0.1, 0.15) is 10.9 Å². The van der Waals surface area contributed by atoms with E-state index >= 15 is 0 Å². The highest BCUT2D eigenvalue weighted by Gasteiger charge is 2.25. The topological polar surface area (TPSA) is 70.5 Å². The van der Waals surface area contributed by atoms with Gasteiger partial charge < -0.3 is 14.7 Å². The van der Waals surface area contributed by atoms with Crippen LogP contribution in [0, 0.1) is 0 Å². The molecular weight excluding hydrogens is 482 g/mol. The fourth-order valence-electron chi connectivity index (χ4n) is 4.34. The fraction of sp³-hybridized carbons (Fsp3) is 0.222. The molecule has 1 aliphatic heterocycles. The molecule has 6 nitrogen and oxygen atoms in total. The van der Waals surface area contributed by atoms with Gasteiger partial charge in [0.25, 0.3) is 5.56 Å². The van der Waals surface area contributed by atoms with Crippen molar-refractivity contribution < 1.29 is 9.84 Å². The molecule has 1 fully saturated rings. The number of anilines is 1. The first kappa shape index (κ1) is 23.6. The van der Waals surface area contributed by atoms with E-state index in [4.69, 9.17) is 16.3 Å². The van der Waals surface area contributed by atoms with Crippen molar-refractivity contribution in [2.45, 2.75) is 22.3 Å². The highest BCUT2D eigenvalue weighted by Crippen LogP contribution is 2.38. The Labute approximate surface area is 213 Å². The van der Waals surface area contributed by atoms with Crippen LogP contribution in [0.4, 0.5) is 5.69 Å². The summed E-state index contributed by atoms with van der Waals surface area (Å²) in [5, 5.41) is 14.6. The first-order valence-electron chi connectivity index (χ1n) is 11.6. The zero-order valence-electron chi connectivity index (χ0n) is 19.1. The molecule has 0 aliphatic carbocycles. The number of nitrogens with zero attached hydrogens (tertiary/aromatic N) is 2. The molecule has 0 amide bonds. The molecule has 0 saturated carbocycles. The highest BCUT2D eigenvalue weighted by atomic mass is 35.5. The van der Waals surface area contributed by atoms with Crippen LogP contribution in [0.5, 0.6) is 5.88 Å². The number of ether oxygens (including phenoxy) is 1. The molecule has 8 heteroatoms. The van der Waals surface area contributed by atoms with Gasteiger partial charge in [0.15, 0.2) is 0 Å². The second-order valence-electron chi connectivity index (χ2n) is 8.35. The van der Waals surface area contributed by atoms with Crippen LogP contribution in [-0.2, 0) is 4.74 Å². The summed E-state index contributed by atoms with van der Waals surface area (Å²) in [6.07, 6.45) is 0.999. The van der Waals surface area contributed by atoms with Crippen LogP contribution in [0.15, 0.2) is 93.4 Å². The normalized spacial score (nSPS) is 15.1. The second-order valence-corrected chi connectivity index (χ2v) is 9.81. The van der Waals surface area contributed by atoms with Crippen LogP contribution < -0.4 is 10.5 Å². The van der Waals surface area contributed by atoms with E-state index in [9.17, 15) is 9.90 Å². The molecule has 1 aromatic heterocycles. The molecule has 4 aromatic rings. The lowest BCUT2D eigenvalue weighted by molar-refractivity contribution is 0.152. The molecule has 35 heavy (non-hydrogen) atoms. The number of aromatic nitrogens is 2. The fourth-order valence-corrected chi connectivity index (χ4v) is 5.45. The second kappa shape index (κ2) is 10.6. The third-order valence-corrected chi connectivity index (χ3v) is 7.67. The van der Waals surface area contributed by atoms with Gasteiger partial charge >= 0.3 is 0 Å². The molecule has 1 saturated heterocycles. The Balaban J connectivity index is 1.52. The lowest BCUT2D eigenvalue weighted by Crippen LogP contribution is -2.25. The van der Waals surface area contributed by atoms with Gasteiger partial charge in [0, 0.05) is 30.3 Å². The minimum absolute atomic E-state index is 0.123. The smallest absolute Gasteiger partial charge is 0.282 e. The Morgan fingerprint density at radius 2 is 1.63 bits per heavy atom. The van der Waals surface area contributed by atoms with Crippen LogP contribution >= 0.6 is 23.4 Å². The SMILES string of the molecule is O=c1[nH]n(C(c2ccccc2)c2ccc(N3CCCOCC3)cc2)c(O)c1Sc1ccccc1Cl. The molecule has 3 aromatic carbocycles. The summed E-state index contributed by atoms with van der Waals surface area (Å²) in [5.41, 5.74) is 2.65. The number of aromatic amines is 1. The third-order valence-electron chi connectivity index (χ3n) is 6.08. The van der Waals surface area contributed by atoms with Crippen molar-refractivity contribution in [1.29, 1.82) is 0 Å². The standard InChI is InChI=1S/C27H26ClN3O3S/c28-22-9-4-5-10-23(22)35-25-26(32)29-31(27(25)33)24(19-7-2-1-3-8-19)20-11-13-21(14-12-20)30-15-6-17-34-18-16-30/h1-5,7-14,24,33H,6,15-18H2,(H,29,32). The summed E-state index contributed by atoms with van der Waals surface area (Å²) in [6, 6.07) is 25.0. The van der Waals surface area contributed by atoms with Crippen molar-refractivity contribution in [3.63, 3.8) is 0 Å². The maximum absolute atomic E-state index is 12.9. The predicted octanol–water partition coefficient (Wildman–Crippen LogP) is 5.55. The zero-order chi connectivity index (χ0) is 24.2. The van der Waals surface area contributed by atoms with Crippen molar-refractivity contribution >= 4 is 29.1 Å². The molecule has 0 spiro atoms. The number of nitrogens with one attached hydrogen (secondary N) is 1. The molecule has 0 radical (unpaired) electrons. The van der Waals surface area contributed by atoms with Gasteiger partial charge in [-0.2, -0.15) is 0 Å². The van der Waals surface area contributed by atoms with E-state index in [2.05, 4.69) is 34.3 Å². The number of hydrogen-bond acceptors (Lipinski definition) is 5. The summed E-state index contributed by atoms with van der Waals surface area (Å²) in [5.74, 6) is -0.123. The summed E-state index contributed by atoms with van der Waals surface area (Å²) in [7, 11) is 0. The zero-order valence-corrected chi connectivity index (χ0v) is 20.6. The first-order chi connectivity index (χ1) is 17.1. The van der Waals surface area contributed by atoms with Gasteiger partial charge in [-0.25, -0.2) is 4.68 Å². The largest absolute Gasteiger partial charge is 0.493 e. The average Bonchev–Trinajstić information content (AvgIpc) is 3.06. The Bertz CT molecular complexity index is 1330. The van der Waals surface area contributed by atoms with E-state index < -0.39 is 6.04 Å². The van der Waals surface area contributed by atoms with Crippen LogP contribution in [-0.4, -0.2) is 41.2 Å². The summed E-state index contributed by atoms with van der Waals surface area (Å²) in [6.45, 7) is 3.32. The quantitative estimate of drug-likeness (QED) is 0.358. The molecule has 180 valence electrons. The van der Waals surface area contributed by atoms with Gasteiger partial charge in [0.2, 0.25) is 5.88 Å². The maximum atomic E-state index is 12.9.